The number of Topliss-reactive ketones (excluding diaryl/α,β-unsaturated/α-hetero) is 3. The van der Waals surface area contributed by atoms with Crippen molar-refractivity contribution in [2.45, 2.75) is 79.6 Å². The number of hydrogen-bond acceptors (Lipinski definition) is 5. The summed E-state index contributed by atoms with van der Waals surface area (Å²) in [5.41, 5.74) is 0.798. The van der Waals surface area contributed by atoms with Crippen LogP contribution in [0.4, 0.5) is 0 Å². The first-order valence-electron chi connectivity index (χ1n) is 9.57. The molecule has 0 aromatic heterocycles. The lowest BCUT2D eigenvalue weighted by atomic mass is 9.65. The van der Waals surface area contributed by atoms with E-state index in [1.54, 1.807) is 13.0 Å². The summed E-state index contributed by atoms with van der Waals surface area (Å²) >= 11 is 0. The molecule has 0 amide bonds. The highest BCUT2D eigenvalue weighted by atomic mass is 16.2. The normalized spacial score (nSPS) is 24.3. The smallest absolute Gasteiger partial charge is 0.155 e. The van der Waals surface area contributed by atoms with Crippen LogP contribution in [0.1, 0.15) is 79.6 Å². The molecule has 0 aliphatic heterocycles. The summed E-state index contributed by atoms with van der Waals surface area (Å²) in [6.45, 7) is 8.37. The molecule has 5 nitrogen and oxygen atoms in total. The maximum atomic E-state index is 11.7. The zero-order chi connectivity index (χ0) is 20.6. The summed E-state index contributed by atoms with van der Waals surface area (Å²) in [5.74, 6) is 0.473. The van der Waals surface area contributed by atoms with E-state index in [1.807, 2.05) is 6.92 Å². The molecular formula is C23H34O5. The minimum Gasteiger partial charge on any atom is -0.299 e. The molecule has 0 N–H and O–H groups in total. The van der Waals surface area contributed by atoms with E-state index in [9.17, 15) is 24.0 Å². The van der Waals surface area contributed by atoms with E-state index in [0.29, 0.717) is 31.5 Å². The molecule has 3 aliphatic carbocycles. The van der Waals surface area contributed by atoms with Gasteiger partial charge in [-0.05, 0) is 58.6 Å². The van der Waals surface area contributed by atoms with Crippen molar-refractivity contribution < 1.29 is 24.0 Å². The van der Waals surface area contributed by atoms with Crippen molar-refractivity contribution in [3.8, 4) is 0 Å². The van der Waals surface area contributed by atoms with E-state index in [-0.39, 0.29) is 41.9 Å². The molecule has 3 rings (SSSR count). The molecule has 0 radical (unpaired) electrons. The van der Waals surface area contributed by atoms with Crippen LogP contribution < -0.4 is 0 Å². The highest BCUT2D eigenvalue weighted by molar-refractivity contribution is 6.03. The summed E-state index contributed by atoms with van der Waals surface area (Å²) in [6.07, 6.45) is 8.80. The maximum absolute atomic E-state index is 11.7. The van der Waals surface area contributed by atoms with Crippen LogP contribution in [-0.4, -0.2) is 28.9 Å². The van der Waals surface area contributed by atoms with Crippen LogP contribution in [0.5, 0.6) is 0 Å². The Kier molecular flexibility index (Phi) is 10.7. The minimum atomic E-state index is -0.307. The summed E-state index contributed by atoms with van der Waals surface area (Å²) in [6, 6.07) is 0. The standard InChI is InChI=1S/C11H14O2.C7H10O2.C4H6O.CH4/c1-11-6-5-9(12)7-8(11)3-2-4-10(11)13;1-5-6(8)3-2-4-7(5)9;1-3-4(2)5;/h7H,2-6H2,1H3;5H,2-4H2,1H3;3H,1H2,2H3;1H4/t11-;;;/m0.../s1. The van der Waals surface area contributed by atoms with Crippen molar-refractivity contribution in [1.82, 2.24) is 0 Å². The van der Waals surface area contributed by atoms with E-state index in [2.05, 4.69) is 6.58 Å². The maximum Gasteiger partial charge on any atom is 0.155 e. The third kappa shape index (κ3) is 7.10. The van der Waals surface area contributed by atoms with Crippen LogP contribution in [0.25, 0.3) is 0 Å². The van der Waals surface area contributed by atoms with Crippen LogP contribution in [0.15, 0.2) is 24.3 Å². The van der Waals surface area contributed by atoms with Crippen molar-refractivity contribution in [3.05, 3.63) is 24.3 Å². The zero-order valence-electron chi connectivity index (χ0n) is 16.6. The number of carbonyl (C=O) groups is 5. The number of allylic oxidation sites excluding steroid dienone is 3. The van der Waals surface area contributed by atoms with Gasteiger partial charge in [0.25, 0.3) is 0 Å². The molecule has 3 aliphatic rings. The minimum absolute atomic E-state index is 0. The number of carbonyl (C=O) groups excluding carboxylic acids is 5. The van der Waals surface area contributed by atoms with Gasteiger partial charge in [-0.3, -0.25) is 24.0 Å². The fraction of sp³-hybridized carbons (Fsp3) is 0.609. The number of ketones is 5. The fourth-order valence-electron chi connectivity index (χ4n) is 3.39. The molecule has 1 atom stereocenters. The average Bonchev–Trinajstić information content (AvgIpc) is 2.63. The monoisotopic (exact) mass is 390 g/mol. The molecule has 0 aromatic rings. The predicted octanol–water partition coefficient (Wildman–Crippen LogP) is 4.38. The molecule has 0 bridgehead atoms. The highest BCUT2D eigenvalue weighted by Crippen LogP contribution is 2.43. The van der Waals surface area contributed by atoms with Gasteiger partial charge in [0, 0.05) is 31.1 Å². The lowest BCUT2D eigenvalue weighted by molar-refractivity contribution is -0.135. The van der Waals surface area contributed by atoms with E-state index in [1.165, 1.54) is 13.0 Å². The van der Waals surface area contributed by atoms with Crippen molar-refractivity contribution in [2.75, 3.05) is 0 Å². The predicted molar refractivity (Wildman–Crippen MR) is 110 cm³/mol. The van der Waals surface area contributed by atoms with E-state index in [0.717, 1.165) is 31.3 Å². The van der Waals surface area contributed by atoms with Crippen LogP contribution >= 0.6 is 0 Å². The number of hydrogen-bond donors (Lipinski definition) is 0. The van der Waals surface area contributed by atoms with Gasteiger partial charge in [-0.1, -0.05) is 19.6 Å². The van der Waals surface area contributed by atoms with Gasteiger partial charge in [-0.25, -0.2) is 0 Å². The van der Waals surface area contributed by atoms with Gasteiger partial charge in [-0.2, -0.15) is 0 Å². The Bertz CT molecular complexity index is 654. The summed E-state index contributed by atoms with van der Waals surface area (Å²) in [7, 11) is 0. The quantitative estimate of drug-likeness (QED) is 0.490. The van der Waals surface area contributed by atoms with Crippen LogP contribution in [0.2, 0.25) is 0 Å². The molecule has 0 aromatic carbocycles. The average molecular weight is 391 g/mol. The largest absolute Gasteiger partial charge is 0.299 e. The number of rotatable bonds is 1. The van der Waals surface area contributed by atoms with Gasteiger partial charge >= 0.3 is 0 Å². The van der Waals surface area contributed by atoms with E-state index >= 15 is 0 Å². The van der Waals surface area contributed by atoms with Crippen molar-refractivity contribution >= 4 is 28.9 Å². The molecule has 28 heavy (non-hydrogen) atoms. The lowest BCUT2D eigenvalue weighted by Crippen LogP contribution is -2.36. The van der Waals surface area contributed by atoms with E-state index < -0.39 is 0 Å². The molecule has 0 spiro atoms. The molecule has 0 saturated heterocycles. The van der Waals surface area contributed by atoms with Crippen molar-refractivity contribution in [1.29, 1.82) is 0 Å². The first kappa shape index (κ1) is 25.8. The number of fused-ring (bicyclic) bond motifs is 1. The summed E-state index contributed by atoms with van der Waals surface area (Å²) in [4.78, 5) is 54.1. The van der Waals surface area contributed by atoms with Gasteiger partial charge in [0.05, 0.1) is 5.92 Å². The topological polar surface area (TPSA) is 85.3 Å². The van der Waals surface area contributed by atoms with Crippen LogP contribution in [0, 0.1) is 11.3 Å². The summed E-state index contributed by atoms with van der Waals surface area (Å²) in [5, 5.41) is 0. The van der Waals surface area contributed by atoms with Crippen molar-refractivity contribution in [3.63, 3.8) is 0 Å². The van der Waals surface area contributed by atoms with Gasteiger partial charge in [0.1, 0.15) is 17.3 Å². The molecule has 156 valence electrons. The third-order valence-corrected chi connectivity index (χ3v) is 5.48. The Balaban J connectivity index is 0.000000427. The van der Waals surface area contributed by atoms with Crippen LogP contribution in [0.3, 0.4) is 0 Å². The fourth-order valence-corrected chi connectivity index (χ4v) is 3.39. The molecule has 2 fully saturated rings. The second kappa shape index (κ2) is 11.6. The van der Waals surface area contributed by atoms with Crippen LogP contribution in [-0.2, 0) is 24.0 Å². The molecular weight excluding hydrogens is 356 g/mol. The Hall–Kier alpha value is -2.17. The molecule has 0 unspecified atom stereocenters. The Morgan fingerprint density at radius 1 is 1.04 bits per heavy atom. The second-order valence-corrected chi connectivity index (χ2v) is 7.57. The first-order valence-corrected chi connectivity index (χ1v) is 9.57. The van der Waals surface area contributed by atoms with Crippen molar-refractivity contribution in [2.24, 2.45) is 11.3 Å². The van der Waals surface area contributed by atoms with E-state index in [4.69, 9.17) is 0 Å². The Morgan fingerprint density at radius 2 is 1.54 bits per heavy atom. The van der Waals surface area contributed by atoms with Gasteiger partial charge in [0.2, 0.25) is 0 Å². The second-order valence-electron chi connectivity index (χ2n) is 7.57. The summed E-state index contributed by atoms with van der Waals surface area (Å²) < 4.78 is 0. The Labute approximate surface area is 168 Å². The first-order chi connectivity index (χ1) is 12.6. The zero-order valence-corrected chi connectivity index (χ0v) is 16.6. The molecule has 5 heteroatoms. The van der Waals surface area contributed by atoms with Gasteiger partial charge < -0.3 is 0 Å². The van der Waals surface area contributed by atoms with Gasteiger partial charge in [-0.15, -0.1) is 0 Å². The third-order valence-electron chi connectivity index (χ3n) is 5.48. The molecule has 2 saturated carbocycles. The lowest BCUT2D eigenvalue weighted by Gasteiger charge is -2.37. The highest BCUT2D eigenvalue weighted by Gasteiger charge is 2.41. The SMILES string of the molecule is C.C=CC(C)=O.CC1C(=O)CCCC1=O.C[C@]12CCC(=O)C=C1CCCC2=O. The van der Waals surface area contributed by atoms with Gasteiger partial charge in [0.15, 0.2) is 11.6 Å². The Morgan fingerprint density at radius 3 is 2.00 bits per heavy atom. The molecule has 0 heterocycles.